The average Bonchev–Trinajstić information content (AvgIpc) is 3.76. The minimum atomic E-state index is -0.616. The first-order valence-electron chi connectivity index (χ1n) is 21.9. The minimum Gasteiger partial charge on any atom is -0.465 e. The van der Waals surface area contributed by atoms with Crippen LogP contribution in [0.4, 0.5) is 0 Å². The van der Waals surface area contributed by atoms with E-state index in [9.17, 15) is 19.5 Å². The SMILES string of the molecule is CC[C@H]1CCC[C@H](OC2CCC(N(C)CCOC(C)=O)C(C)O2)[C@@H](C)C(=O)C2=C[C@H]3[C@@H]4C[C@H](OC5OC(C)C(OC)C(OC)C5CO)C[C@H]4CC[C@H]3C2CC(=O)O1. The molecule has 3 saturated heterocycles. The van der Waals surface area contributed by atoms with E-state index in [0.29, 0.717) is 37.8 Å². The van der Waals surface area contributed by atoms with E-state index in [4.69, 9.17) is 37.9 Å². The van der Waals surface area contributed by atoms with Gasteiger partial charge in [0.2, 0.25) is 0 Å². The fourth-order valence-corrected chi connectivity index (χ4v) is 11.4. The number of aliphatic hydroxyl groups is 1. The standard InChI is InChI=1S/C44H71NO12/c1-9-29-11-10-12-38(57-40-16-15-37(25(3)53-40)45(6)17-18-52-27(5)47)24(2)41(49)35-21-33-31(34(35)22-39(48)55-29)14-13-28-19-30(20-32(28)33)56-44-36(23-46)43(51-8)42(50-7)26(4)54-44/h21,24-26,28-34,36-38,40,42-44,46H,9-20,22-23H2,1-8H3/t24-,25?,26?,28-,29+,30-,31-,32-,33-,34?,36?,37?,38+,40?,42?,43?,44?/m1/s1. The third-order valence-electron chi connectivity index (χ3n) is 14.5. The van der Waals surface area contributed by atoms with Gasteiger partial charge in [0.25, 0.3) is 0 Å². The number of likely N-dealkylation sites (N-methyl/N-ethyl adjacent to an activating group) is 1. The number of fused-ring (bicyclic) bond motifs is 5. The lowest BCUT2D eigenvalue weighted by atomic mass is 9.66. The topological polar surface area (TPSA) is 149 Å². The number of carbonyl (C=O) groups excluding carboxylic acids is 3. The normalized spacial score (nSPS) is 42.9. The number of methoxy groups -OCH3 is 2. The minimum absolute atomic E-state index is 0.0552. The molecular formula is C44H71NO12. The average molecular weight is 806 g/mol. The monoisotopic (exact) mass is 805 g/mol. The van der Waals surface area contributed by atoms with Crippen molar-refractivity contribution in [2.75, 3.05) is 41.0 Å². The van der Waals surface area contributed by atoms with Crippen LogP contribution >= 0.6 is 0 Å². The van der Waals surface area contributed by atoms with Crippen molar-refractivity contribution in [2.45, 2.75) is 167 Å². The predicted octanol–water partition coefficient (Wildman–Crippen LogP) is 5.24. The summed E-state index contributed by atoms with van der Waals surface area (Å²) in [4.78, 5) is 41.8. The maximum Gasteiger partial charge on any atom is 0.306 e. The molecule has 13 nitrogen and oxygen atoms in total. The van der Waals surface area contributed by atoms with Crippen LogP contribution in [0.3, 0.4) is 0 Å². The van der Waals surface area contributed by atoms with Crippen molar-refractivity contribution in [3.05, 3.63) is 11.6 Å². The molecule has 0 radical (unpaired) electrons. The van der Waals surface area contributed by atoms with Gasteiger partial charge in [0.05, 0.1) is 49.5 Å². The van der Waals surface area contributed by atoms with Crippen molar-refractivity contribution in [2.24, 2.45) is 41.4 Å². The molecule has 17 atom stereocenters. The summed E-state index contributed by atoms with van der Waals surface area (Å²) < 4.78 is 49.0. The molecule has 13 heteroatoms. The van der Waals surface area contributed by atoms with Crippen LogP contribution < -0.4 is 0 Å². The number of Topliss-reactive ketones (excluding diaryl/α,β-unsaturated/α-hetero) is 1. The molecule has 0 aromatic carbocycles. The van der Waals surface area contributed by atoms with Crippen LogP contribution in [-0.4, -0.2) is 130 Å². The predicted molar refractivity (Wildman–Crippen MR) is 210 cm³/mol. The molecule has 6 rings (SSSR count). The smallest absolute Gasteiger partial charge is 0.306 e. The van der Waals surface area contributed by atoms with Crippen molar-refractivity contribution in [3.63, 3.8) is 0 Å². The first-order valence-corrected chi connectivity index (χ1v) is 21.9. The van der Waals surface area contributed by atoms with E-state index >= 15 is 0 Å². The molecule has 324 valence electrons. The number of allylic oxidation sites excluding steroid dienone is 2. The number of cyclic esters (lactones) is 1. The van der Waals surface area contributed by atoms with Crippen molar-refractivity contribution < 1.29 is 57.4 Å². The zero-order valence-corrected chi connectivity index (χ0v) is 35.7. The van der Waals surface area contributed by atoms with E-state index in [1.807, 2.05) is 20.9 Å². The zero-order chi connectivity index (χ0) is 41.0. The lowest BCUT2D eigenvalue weighted by Gasteiger charge is -2.44. The van der Waals surface area contributed by atoms with Gasteiger partial charge in [-0.05, 0) is 114 Å². The Bertz CT molecular complexity index is 1390. The van der Waals surface area contributed by atoms with Crippen molar-refractivity contribution in [3.8, 4) is 0 Å². The Labute approximate surface area is 340 Å². The van der Waals surface area contributed by atoms with Gasteiger partial charge in [-0.15, -0.1) is 0 Å². The second-order valence-electron chi connectivity index (χ2n) is 17.9. The second kappa shape index (κ2) is 20.1. The van der Waals surface area contributed by atoms with E-state index in [-0.39, 0.29) is 103 Å². The van der Waals surface area contributed by atoms with Gasteiger partial charge in [0.1, 0.15) is 18.8 Å². The summed E-state index contributed by atoms with van der Waals surface area (Å²) in [6.07, 6.45) is 7.95. The van der Waals surface area contributed by atoms with Gasteiger partial charge in [-0.25, -0.2) is 0 Å². The number of esters is 2. The van der Waals surface area contributed by atoms with E-state index in [1.165, 1.54) is 6.92 Å². The number of ether oxygens (including phenoxy) is 8. The lowest BCUT2D eigenvalue weighted by Crippen LogP contribution is -2.57. The van der Waals surface area contributed by atoms with E-state index in [1.54, 1.807) is 14.2 Å². The third kappa shape index (κ3) is 10.2. The van der Waals surface area contributed by atoms with Crippen LogP contribution in [0.1, 0.15) is 105 Å². The third-order valence-corrected chi connectivity index (χ3v) is 14.5. The molecule has 0 aromatic rings. The van der Waals surface area contributed by atoms with Gasteiger partial charge in [-0.2, -0.15) is 0 Å². The summed E-state index contributed by atoms with van der Waals surface area (Å²) in [6, 6.07) is 0.160. The maximum absolute atomic E-state index is 14.8. The first-order chi connectivity index (χ1) is 27.4. The lowest BCUT2D eigenvalue weighted by molar-refractivity contribution is -0.299. The van der Waals surface area contributed by atoms with Crippen molar-refractivity contribution in [1.82, 2.24) is 4.90 Å². The highest BCUT2D eigenvalue weighted by atomic mass is 16.7. The van der Waals surface area contributed by atoms with Crippen LogP contribution in [0, 0.1) is 41.4 Å². The molecule has 3 heterocycles. The van der Waals surface area contributed by atoms with Crippen LogP contribution in [0.15, 0.2) is 11.6 Å². The van der Waals surface area contributed by atoms with Gasteiger partial charge in [-0.1, -0.05) is 19.9 Å². The molecule has 5 fully saturated rings. The highest BCUT2D eigenvalue weighted by Crippen LogP contribution is 2.57. The van der Waals surface area contributed by atoms with Crippen LogP contribution in [0.25, 0.3) is 0 Å². The molecule has 3 aliphatic carbocycles. The largest absolute Gasteiger partial charge is 0.465 e. The van der Waals surface area contributed by atoms with Crippen LogP contribution in [-0.2, 0) is 52.3 Å². The van der Waals surface area contributed by atoms with Crippen LogP contribution in [0.5, 0.6) is 0 Å². The Morgan fingerprint density at radius 2 is 1.70 bits per heavy atom. The van der Waals surface area contributed by atoms with Gasteiger partial charge >= 0.3 is 11.9 Å². The molecule has 3 aliphatic heterocycles. The summed E-state index contributed by atoms with van der Waals surface area (Å²) in [6.45, 7) is 10.3. The van der Waals surface area contributed by atoms with Gasteiger partial charge in [0.15, 0.2) is 18.4 Å². The molecule has 0 amide bonds. The quantitative estimate of drug-likeness (QED) is 0.257. The molecule has 0 bridgehead atoms. The highest BCUT2D eigenvalue weighted by Gasteiger charge is 2.54. The zero-order valence-electron chi connectivity index (χ0n) is 35.7. The maximum atomic E-state index is 14.8. The molecule has 6 aliphatic rings. The Morgan fingerprint density at radius 3 is 2.39 bits per heavy atom. The van der Waals surface area contributed by atoms with Gasteiger partial charge < -0.3 is 43.0 Å². The summed E-state index contributed by atoms with van der Waals surface area (Å²) >= 11 is 0. The number of hydrogen-bond donors (Lipinski definition) is 1. The first kappa shape index (κ1) is 44.6. The van der Waals surface area contributed by atoms with E-state index in [2.05, 4.69) is 24.8 Å². The number of nitrogens with zero attached hydrogens (tertiary/aromatic N) is 1. The fraction of sp³-hybridized carbons (Fsp3) is 0.886. The molecule has 57 heavy (non-hydrogen) atoms. The fourth-order valence-electron chi connectivity index (χ4n) is 11.4. The number of ketones is 1. The highest BCUT2D eigenvalue weighted by molar-refractivity contribution is 5.99. The van der Waals surface area contributed by atoms with Gasteiger partial charge in [0, 0.05) is 45.6 Å². The molecule has 0 spiro atoms. The Hall–Kier alpha value is -1.97. The molecule has 9 unspecified atom stereocenters. The summed E-state index contributed by atoms with van der Waals surface area (Å²) in [5, 5.41) is 10.4. The number of rotatable bonds is 12. The molecule has 0 aromatic heterocycles. The Morgan fingerprint density at radius 1 is 0.930 bits per heavy atom. The number of carbonyl (C=O) groups is 3. The van der Waals surface area contributed by atoms with Gasteiger partial charge in [-0.3, -0.25) is 19.3 Å². The van der Waals surface area contributed by atoms with Crippen molar-refractivity contribution in [1.29, 1.82) is 0 Å². The van der Waals surface area contributed by atoms with E-state index in [0.717, 1.165) is 56.9 Å². The van der Waals surface area contributed by atoms with Crippen LogP contribution in [0.2, 0.25) is 0 Å². The number of hydrogen-bond acceptors (Lipinski definition) is 13. The molecule has 2 saturated carbocycles. The summed E-state index contributed by atoms with van der Waals surface area (Å²) in [7, 11) is 5.29. The summed E-state index contributed by atoms with van der Waals surface area (Å²) in [5.41, 5.74) is 0.771. The second-order valence-corrected chi connectivity index (χ2v) is 17.9. The van der Waals surface area contributed by atoms with E-state index < -0.39 is 18.5 Å². The Balaban J connectivity index is 1.16. The Kier molecular flexibility index (Phi) is 15.7. The number of aliphatic hydroxyl groups excluding tert-OH is 1. The van der Waals surface area contributed by atoms with Crippen molar-refractivity contribution >= 4 is 17.7 Å². The summed E-state index contributed by atoms with van der Waals surface area (Å²) in [5.74, 6) is -0.311. The molecule has 1 N–H and O–H groups in total. The molecular weight excluding hydrogens is 734 g/mol.